The molecule has 2 heterocycles. The van der Waals surface area contributed by atoms with E-state index in [0.29, 0.717) is 30.1 Å². The Morgan fingerprint density at radius 2 is 2.04 bits per heavy atom. The Bertz CT molecular complexity index is 853. The molecule has 1 aromatic heterocycles. The smallest absolute Gasteiger partial charge is 0.306 e. The molecule has 24 heavy (non-hydrogen) atoms. The van der Waals surface area contributed by atoms with Crippen LogP contribution in [0.4, 0.5) is 0 Å². The highest BCUT2D eigenvalue weighted by Crippen LogP contribution is 2.26. The molecular formula is C15H17N3O5S. The molecule has 0 radical (unpaired) electrons. The summed E-state index contributed by atoms with van der Waals surface area (Å²) in [6, 6.07) is 6.34. The third kappa shape index (κ3) is 3.17. The van der Waals surface area contributed by atoms with Gasteiger partial charge in [0.15, 0.2) is 0 Å². The van der Waals surface area contributed by atoms with Gasteiger partial charge in [-0.1, -0.05) is 17.3 Å². The topological polar surface area (TPSA) is 114 Å². The van der Waals surface area contributed by atoms with E-state index in [1.165, 1.54) is 16.4 Å². The first kappa shape index (κ1) is 16.6. The summed E-state index contributed by atoms with van der Waals surface area (Å²) in [5, 5.41) is 12.8. The van der Waals surface area contributed by atoms with Crippen LogP contribution in [-0.4, -0.2) is 47.0 Å². The highest BCUT2D eigenvalue weighted by molar-refractivity contribution is 7.89. The van der Waals surface area contributed by atoms with Crippen LogP contribution in [0.2, 0.25) is 0 Å². The van der Waals surface area contributed by atoms with Crippen LogP contribution in [0.1, 0.15) is 18.7 Å². The third-order valence-corrected chi connectivity index (χ3v) is 5.96. The number of hydrogen-bond acceptors (Lipinski definition) is 6. The van der Waals surface area contributed by atoms with Crippen LogP contribution in [-0.2, 0) is 14.8 Å². The summed E-state index contributed by atoms with van der Waals surface area (Å²) in [6.07, 6.45) is 0.635. The van der Waals surface area contributed by atoms with Crippen molar-refractivity contribution < 1.29 is 22.8 Å². The van der Waals surface area contributed by atoms with E-state index in [1.54, 1.807) is 19.1 Å². The maximum atomic E-state index is 12.8. The first-order valence-electron chi connectivity index (χ1n) is 7.51. The van der Waals surface area contributed by atoms with E-state index in [2.05, 4.69) is 10.1 Å². The number of carboxylic acids is 1. The number of benzene rings is 1. The molecule has 1 saturated heterocycles. The van der Waals surface area contributed by atoms with Gasteiger partial charge in [0, 0.05) is 25.6 Å². The van der Waals surface area contributed by atoms with Crippen molar-refractivity contribution in [3.05, 3.63) is 30.2 Å². The van der Waals surface area contributed by atoms with Crippen molar-refractivity contribution in [2.45, 2.75) is 24.7 Å². The van der Waals surface area contributed by atoms with Gasteiger partial charge >= 0.3 is 5.97 Å². The number of carboxylic acid groups (broad SMARTS) is 1. The molecule has 1 N–H and O–H groups in total. The number of aliphatic carboxylic acids is 1. The molecule has 1 aliphatic rings. The number of rotatable bonds is 4. The minimum Gasteiger partial charge on any atom is -0.481 e. The highest BCUT2D eigenvalue weighted by Gasteiger charge is 2.32. The molecule has 2 aromatic rings. The number of nitrogens with zero attached hydrogens (tertiary/aromatic N) is 3. The summed E-state index contributed by atoms with van der Waals surface area (Å²) in [6.45, 7) is 2.05. The van der Waals surface area contributed by atoms with Crippen molar-refractivity contribution in [1.29, 1.82) is 0 Å². The lowest BCUT2D eigenvalue weighted by molar-refractivity contribution is -0.142. The molecule has 0 spiro atoms. The van der Waals surface area contributed by atoms with Crippen LogP contribution < -0.4 is 0 Å². The molecule has 1 fully saturated rings. The van der Waals surface area contributed by atoms with Crippen molar-refractivity contribution in [1.82, 2.24) is 14.4 Å². The van der Waals surface area contributed by atoms with Gasteiger partial charge in [0.1, 0.15) is 0 Å². The largest absolute Gasteiger partial charge is 0.481 e. The van der Waals surface area contributed by atoms with Crippen LogP contribution >= 0.6 is 0 Å². The highest BCUT2D eigenvalue weighted by atomic mass is 32.2. The van der Waals surface area contributed by atoms with Gasteiger partial charge in [-0.25, -0.2) is 8.42 Å². The zero-order valence-electron chi connectivity index (χ0n) is 13.0. The van der Waals surface area contributed by atoms with E-state index in [9.17, 15) is 13.2 Å². The predicted octanol–water partition coefficient (Wildman–Crippen LogP) is 1.53. The summed E-state index contributed by atoms with van der Waals surface area (Å²) in [5.41, 5.74) is 0.549. The zero-order chi connectivity index (χ0) is 17.3. The van der Waals surface area contributed by atoms with E-state index in [0.717, 1.165) is 0 Å². The Labute approximate surface area is 139 Å². The lowest BCUT2D eigenvalue weighted by Crippen LogP contribution is -2.40. The zero-order valence-corrected chi connectivity index (χ0v) is 13.9. The monoisotopic (exact) mass is 351 g/mol. The summed E-state index contributed by atoms with van der Waals surface area (Å²) in [7, 11) is -3.68. The SMILES string of the molecule is Cc1nc(-c2cccc(S(=O)(=O)N3CCC(C(=O)O)CC3)c2)no1. The molecule has 1 aromatic carbocycles. The first-order chi connectivity index (χ1) is 11.4. The van der Waals surface area contributed by atoms with Crippen molar-refractivity contribution in [3.63, 3.8) is 0 Å². The van der Waals surface area contributed by atoms with E-state index in [4.69, 9.17) is 9.63 Å². The minimum atomic E-state index is -3.68. The van der Waals surface area contributed by atoms with Crippen molar-refractivity contribution in [3.8, 4) is 11.4 Å². The third-order valence-electron chi connectivity index (χ3n) is 4.06. The number of aromatic nitrogens is 2. The number of carbonyl (C=O) groups is 1. The second-order valence-electron chi connectivity index (χ2n) is 5.68. The molecule has 0 bridgehead atoms. The number of piperidine rings is 1. The average Bonchev–Trinajstić information content (AvgIpc) is 3.01. The molecule has 0 saturated carbocycles. The average molecular weight is 351 g/mol. The van der Waals surface area contributed by atoms with E-state index in [1.807, 2.05) is 0 Å². The molecule has 0 unspecified atom stereocenters. The van der Waals surface area contributed by atoms with Crippen LogP contribution in [0.25, 0.3) is 11.4 Å². The molecule has 0 amide bonds. The Kier molecular flexibility index (Phi) is 4.37. The van der Waals surface area contributed by atoms with Crippen molar-refractivity contribution in [2.24, 2.45) is 5.92 Å². The summed E-state index contributed by atoms with van der Waals surface area (Å²) >= 11 is 0. The Morgan fingerprint density at radius 1 is 1.33 bits per heavy atom. The van der Waals surface area contributed by atoms with E-state index < -0.39 is 21.9 Å². The van der Waals surface area contributed by atoms with Crippen LogP contribution in [0.15, 0.2) is 33.7 Å². The normalized spacial score (nSPS) is 17.0. The fourth-order valence-electron chi connectivity index (χ4n) is 2.70. The first-order valence-corrected chi connectivity index (χ1v) is 8.95. The molecule has 3 rings (SSSR count). The van der Waals surface area contributed by atoms with Gasteiger partial charge in [-0.3, -0.25) is 4.79 Å². The van der Waals surface area contributed by atoms with Crippen molar-refractivity contribution >= 4 is 16.0 Å². The van der Waals surface area contributed by atoms with Gasteiger partial charge in [0.2, 0.25) is 21.7 Å². The van der Waals surface area contributed by atoms with Gasteiger partial charge in [0.05, 0.1) is 10.8 Å². The van der Waals surface area contributed by atoms with Gasteiger partial charge in [-0.15, -0.1) is 0 Å². The fraction of sp³-hybridized carbons (Fsp3) is 0.400. The quantitative estimate of drug-likeness (QED) is 0.888. The maximum absolute atomic E-state index is 12.8. The molecular weight excluding hydrogens is 334 g/mol. The van der Waals surface area contributed by atoms with Gasteiger partial charge in [-0.2, -0.15) is 9.29 Å². The van der Waals surface area contributed by atoms with Gasteiger partial charge in [-0.05, 0) is 25.0 Å². The molecule has 0 atom stereocenters. The predicted molar refractivity (Wildman–Crippen MR) is 83.6 cm³/mol. The van der Waals surface area contributed by atoms with Crippen LogP contribution in [0, 0.1) is 12.8 Å². The van der Waals surface area contributed by atoms with Crippen LogP contribution in [0.3, 0.4) is 0 Å². The fourth-order valence-corrected chi connectivity index (χ4v) is 4.22. The maximum Gasteiger partial charge on any atom is 0.306 e. The lowest BCUT2D eigenvalue weighted by atomic mass is 9.99. The molecule has 0 aliphatic carbocycles. The van der Waals surface area contributed by atoms with E-state index >= 15 is 0 Å². The van der Waals surface area contributed by atoms with Crippen molar-refractivity contribution in [2.75, 3.05) is 13.1 Å². The summed E-state index contributed by atoms with van der Waals surface area (Å²) in [4.78, 5) is 15.2. The second kappa shape index (κ2) is 6.33. The number of hydrogen-bond donors (Lipinski definition) is 1. The number of aryl methyl sites for hydroxylation is 1. The standard InChI is InChI=1S/C15H17N3O5S/c1-10-16-14(17-23-10)12-3-2-4-13(9-12)24(21,22)18-7-5-11(6-8-18)15(19)20/h2-4,9,11H,5-8H2,1H3,(H,19,20). The Morgan fingerprint density at radius 3 is 2.62 bits per heavy atom. The van der Waals surface area contributed by atoms with Gasteiger partial charge < -0.3 is 9.63 Å². The minimum absolute atomic E-state index is 0.135. The molecule has 128 valence electrons. The van der Waals surface area contributed by atoms with E-state index in [-0.39, 0.29) is 18.0 Å². The second-order valence-corrected chi connectivity index (χ2v) is 7.62. The Hall–Kier alpha value is -2.26. The molecule has 1 aliphatic heterocycles. The summed E-state index contributed by atoms with van der Waals surface area (Å²) in [5.74, 6) is -0.630. The lowest BCUT2D eigenvalue weighted by Gasteiger charge is -2.29. The Balaban J connectivity index is 1.84. The molecule has 9 heteroatoms. The molecule has 8 nitrogen and oxygen atoms in total. The van der Waals surface area contributed by atoms with Gasteiger partial charge in [0.25, 0.3) is 0 Å². The number of sulfonamides is 1. The summed E-state index contributed by atoms with van der Waals surface area (Å²) < 4.78 is 31.8. The van der Waals surface area contributed by atoms with Crippen LogP contribution in [0.5, 0.6) is 0 Å².